The van der Waals surface area contributed by atoms with Crippen LogP contribution in [0, 0.1) is 0 Å². The molecule has 0 radical (unpaired) electrons. The molecule has 1 aliphatic rings. The van der Waals surface area contributed by atoms with Gasteiger partial charge < -0.3 is 0 Å². The SMILES string of the molecule is c1cc(NC2CCC2)c2n[se]nc2c1. The van der Waals surface area contributed by atoms with E-state index in [0.717, 1.165) is 11.0 Å². The fraction of sp³-hybridized carbons (Fsp3) is 0.400. The summed E-state index contributed by atoms with van der Waals surface area (Å²) < 4.78 is 8.81. The molecule has 1 aliphatic carbocycles. The van der Waals surface area contributed by atoms with Crippen molar-refractivity contribution in [3.05, 3.63) is 18.2 Å². The Hall–Kier alpha value is -0.861. The number of anilines is 1. The Morgan fingerprint density at radius 1 is 1.29 bits per heavy atom. The van der Waals surface area contributed by atoms with Crippen LogP contribution < -0.4 is 5.32 Å². The van der Waals surface area contributed by atoms with Crippen LogP contribution in [0.5, 0.6) is 0 Å². The molecule has 0 aliphatic heterocycles. The van der Waals surface area contributed by atoms with Gasteiger partial charge >= 0.3 is 88.5 Å². The third kappa shape index (κ3) is 1.35. The fourth-order valence-electron chi connectivity index (χ4n) is 1.70. The van der Waals surface area contributed by atoms with Crippen molar-refractivity contribution >= 4 is 31.7 Å². The molecule has 72 valence electrons. The molecule has 2 aromatic rings. The number of nitrogens with one attached hydrogen (secondary N) is 1. The van der Waals surface area contributed by atoms with E-state index >= 15 is 0 Å². The molecule has 0 spiro atoms. The molecule has 0 unspecified atom stereocenters. The van der Waals surface area contributed by atoms with Crippen LogP contribution in [0.15, 0.2) is 18.2 Å². The summed E-state index contributed by atoms with van der Waals surface area (Å²) >= 11 is 0.0831. The second-order valence-electron chi connectivity index (χ2n) is 3.71. The number of aromatic nitrogens is 2. The van der Waals surface area contributed by atoms with E-state index in [2.05, 4.69) is 25.4 Å². The average molecular weight is 252 g/mol. The third-order valence-corrected chi connectivity index (χ3v) is 3.89. The summed E-state index contributed by atoms with van der Waals surface area (Å²) in [5.41, 5.74) is 3.32. The number of fused-ring (bicyclic) bond motifs is 1. The van der Waals surface area contributed by atoms with Crippen molar-refractivity contribution in [2.45, 2.75) is 25.3 Å². The Morgan fingerprint density at radius 3 is 3.00 bits per heavy atom. The quantitative estimate of drug-likeness (QED) is 0.826. The van der Waals surface area contributed by atoms with Crippen molar-refractivity contribution in [1.29, 1.82) is 0 Å². The standard InChI is InChI=1S/C10H11N3Se/c1-3-7(4-1)11-8-5-2-6-9-10(8)13-14-12-9/h2,5-7,11H,1,3-4H2. The van der Waals surface area contributed by atoms with E-state index in [1.165, 1.54) is 24.9 Å². The van der Waals surface area contributed by atoms with E-state index in [4.69, 9.17) is 0 Å². The normalized spacial score (nSPS) is 16.9. The zero-order valence-electron chi connectivity index (χ0n) is 7.73. The summed E-state index contributed by atoms with van der Waals surface area (Å²) in [5, 5.41) is 3.53. The van der Waals surface area contributed by atoms with Gasteiger partial charge in [-0.05, 0) is 0 Å². The fourth-order valence-corrected chi connectivity index (χ4v) is 2.85. The maximum atomic E-state index is 4.44. The molecule has 3 nitrogen and oxygen atoms in total. The minimum absolute atomic E-state index is 0.0831. The Bertz CT molecular complexity index is 447. The van der Waals surface area contributed by atoms with Gasteiger partial charge in [0.1, 0.15) is 0 Å². The van der Waals surface area contributed by atoms with Crippen LogP contribution in [0.1, 0.15) is 19.3 Å². The molecule has 0 bridgehead atoms. The van der Waals surface area contributed by atoms with Crippen LogP contribution in [-0.4, -0.2) is 29.0 Å². The third-order valence-electron chi connectivity index (χ3n) is 2.75. The number of hydrogen-bond donors (Lipinski definition) is 1. The monoisotopic (exact) mass is 253 g/mol. The van der Waals surface area contributed by atoms with Gasteiger partial charge in [0.25, 0.3) is 0 Å². The van der Waals surface area contributed by atoms with Crippen molar-refractivity contribution in [2.75, 3.05) is 5.32 Å². The number of nitrogens with zero attached hydrogens (tertiary/aromatic N) is 2. The van der Waals surface area contributed by atoms with Gasteiger partial charge in [0.05, 0.1) is 0 Å². The van der Waals surface area contributed by atoms with E-state index in [1.807, 2.05) is 6.07 Å². The molecule has 3 rings (SSSR count). The summed E-state index contributed by atoms with van der Waals surface area (Å²) in [6.07, 6.45) is 3.95. The summed E-state index contributed by atoms with van der Waals surface area (Å²) in [6, 6.07) is 6.88. The Balaban J connectivity index is 1.97. The first kappa shape index (κ1) is 8.45. The molecule has 1 saturated carbocycles. The van der Waals surface area contributed by atoms with E-state index in [0.29, 0.717) is 6.04 Å². The number of rotatable bonds is 2. The Labute approximate surface area is 88.8 Å². The number of benzene rings is 1. The molecule has 0 amide bonds. The van der Waals surface area contributed by atoms with Crippen LogP contribution in [-0.2, 0) is 0 Å². The summed E-state index contributed by atoms with van der Waals surface area (Å²) in [7, 11) is 0. The zero-order chi connectivity index (χ0) is 9.38. The van der Waals surface area contributed by atoms with Gasteiger partial charge in [-0.25, -0.2) is 0 Å². The van der Waals surface area contributed by atoms with E-state index in [-0.39, 0.29) is 15.0 Å². The predicted molar refractivity (Wildman–Crippen MR) is 57.7 cm³/mol. The van der Waals surface area contributed by atoms with E-state index < -0.39 is 0 Å². The average Bonchev–Trinajstić information content (AvgIpc) is 2.59. The summed E-state index contributed by atoms with van der Waals surface area (Å²) in [6.45, 7) is 0. The molecule has 0 saturated heterocycles. The minimum atomic E-state index is 0.0831. The first-order valence-corrected chi connectivity index (χ1v) is 6.44. The molecule has 14 heavy (non-hydrogen) atoms. The van der Waals surface area contributed by atoms with E-state index in [1.54, 1.807) is 0 Å². The Kier molecular flexibility index (Phi) is 2.03. The second-order valence-corrected chi connectivity index (χ2v) is 4.82. The van der Waals surface area contributed by atoms with Crippen LogP contribution in [0.2, 0.25) is 0 Å². The first-order chi connectivity index (χ1) is 6.93. The van der Waals surface area contributed by atoms with Crippen LogP contribution in [0.4, 0.5) is 5.69 Å². The molecular weight excluding hydrogens is 241 g/mol. The van der Waals surface area contributed by atoms with Gasteiger partial charge in [-0.1, -0.05) is 0 Å². The Morgan fingerprint density at radius 2 is 2.21 bits per heavy atom. The van der Waals surface area contributed by atoms with Gasteiger partial charge in [-0.15, -0.1) is 0 Å². The van der Waals surface area contributed by atoms with Crippen molar-refractivity contribution in [3.63, 3.8) is 0 Å². The molecule has 1 fully saturated rings. The van der Waals surface area contributed by atoms with Gasteiger partial charge in [0, 0.05) is 0 Å². The van der Waals surface area contributed by atoms with Crippen molar-refractivity contribution in [1.82, 2.24) is 7.96 Å². The topological polar surface area (TPSA) is 37.8 Å². The number of hydrogen-bond acceptors (Lipinski definition) is 3. The molecule has 1 aromatic carbocycles. The maximum absolute atomic E-state index is 4.44. The van der Waals surface area contributed by atoms with Gasteiger partial charge in [0.15, 0.2) is 0 Å². The van der Waals surface area contributed by atoms with Crippen molar-refractivity contribution in [2.24, 2.45) is 0 Å². The molecule has 1 aromatic heterocycles. The van der Waals surface area contributed by atoms with Crippen LogP contribution in [0.3, 0.4) is 0 Å². The molecule has 1 heterocycles. The van der Waals surface area contributed by atoms with Gasteiger partial charge in [-0.3, -0.25) is 0 Å². The molecule has 1 N–H and O–H groups in total. The zero-order valence-corrected chi connectivity index (χ0v) is 9.45. The summed E-state index contributed by atoms with van der Waals surface area (Å²) in [5.74, 6) is 0. The summed E-state index contributed by atoms with van der Waals surface area (Å²) in [4.78, 5) is 0. The van der Waals surface area contributed by atoms with E-state index in [9.17, 15) is 0 Å². The van der Waals surface area contributed by atoms with Crippen molar-refractivity contribution < 1.29 is 0 Å². The molecule has 4 heteroatoms. The van der Waals surface area contributed by atoms with Gasteiger partial charge in [0.2, 0.25) is 0 Å². The molecular formula is C10H11N3Se. The van der Waals surface area contributed by atoms with Crippen LogP contribution in [0.25, 0.3) is 11.0 Å². The van der Waals surface area contributed by atoms with Crippen LogP contribution >= 0.6 is 0 Å². The first-order valence-electron chi connectivity index (χ1n) is 4.91. The van der Waals surface area contributed by atoms with Gasteiger partial charge in [-0.2, -0.15) is 0 Å². The van der Waals surface area contributed by atoms with Crippen molar-refractivity contribution in [3.8, 4) is 0 Å². The molecule has 0 atom stereocenters. The predicted octanol–water partition coefficient (Wildman–Crippen LogP) is 1.65. The second kappa shape index (κ2) is 3.37.